The first-order valence-electron chi connectivity index (χ1n) is 15.4. The molecule has 0 aliphatic rings. The third kappa shape index (κ3) is 9.00. The number of rotatable bonds is 18. The van der Waals surface area contributed by atoms with E-state index in [-0.39, 0.29) is 0 Å². The van der Waals surface area contributed by atoms with Gasteiger partial charge in [0.2, 0.25) is 0 Å². The molecule has 0 saturated heterocycles. The molecule has 0 bridgehead atoms. The molecule has 0 N–H and O–H groups in total. The molecule has 0 amide bonds. The third-order valence-corrected chi connectivity index (χ3v) is 9.68. The van der Waals surface area contributed by atoms with Gasteiger partial charge in [-0.05, 0) is 55.7 Å². The lowest BCUT2D eigenvalue weighted by Crippen LogP contribution is -2.26. The average Bonchev–Trinajstić information content (AvgIpc) is 2.98. The highest BCUT2D eigenvalue weighted by atomic mass is 32.2. The Labute approximate surface area is 249 Å². The predicted octanol–water partition coefficient (Wildman–Crippen LogP) is 8.68. The summed E-state index contributed by atoms with van der Waals surface area (Å²) in [6, 6.07) is 22.7. The summed E-state index contributed by atoms with van der Waals surface area (Å²) in [7, 11) is 0.201. The minimum atomic E-state index is -3.76. The van der Waals surface area contributed by atoms with Crippen molar-refractivity contribution < 1.29 is 13.2 Å². The van der Waals surface area contributed by atoms with Crippen molar-refractivity contribution in [1.82, 2.24) is 0 Å². The molecule has 41 heavy (non-hydrogen) atoms. The molecule has 0 aromatic heterocycles. The first-order chi connectivity index (χ1) is 19.8. The van der Waals surface area contributed by atoms with Crippen molar-refractivity contribution in [2.45, 2.75) is 82.3 Å². The van der Waals surface area contributed by atoms with Crippen LogP contribution in [0.5, 0.6) is 5.75 Å². The second kappa shape index (κ2) is 16.5. The van der Waals surface area contributed by atoms with Gasteiger partial charge in [0, 0.05) is 50.2 Å². The molecule has 0 saturated carbocycles. The molecule has 0 radical (unpaired) electrons. The van der Waals surface area contributed by atoms with E-state index in [1.807, 2.05) is 62.3 Å². The van der Waals surface area contributed by atoms with Crippen LogP contribution in [0.3, 0.4) is 0 Å². The fraction of sp³-hybridized carbons (Fsp3) is 0.486. The first kappa shape index (κ1) is 32.5. The van der Waals surface area contributed by atoms with E-state index in [0.717, 1.165) is 42.9 Å². The SMILES string of the molecule is CCCCCCN(CCCCCC)c1ccc(C(c2ccc(N(C)C)cc2)S(=O)(=O)c2ccccc2)c(OCC)c1. The zero-order chi connectivity index (χ0) is 29.7. The Morgan fingerprint density at radius 2 is 1.29 bits per heavy atom. The number of nitrogens with zero attached hydrogens (tertiary/aromatic N) is 2. The number of sulfone groups is 1. The molecule has 3 aromatic carbocycles. The molecule has 0 spiro atoms. The normalized spacial score (nSPS) is 12.2. The van der Waals surface area contributed by atoms with E-state index in [4.69, 9.17) is 4.74 Å². The fourth-order valence-electron chi connectivity index (χ4n) is 5.27. The number of hydrogen-bond acceptors (Lipinski definition) is 5. The van der Waals surface area contributed by atoms with Crippen molar-refractivity contribution in [3.63, 3.8) is 0 Å². The lowest BCUT2D eigenvalue weighted by atomic mass is 10.0. The highest BCUT2D eigenvalue weighted by Gasteiger charge is 2.33. The van der Waals surface area contributed by atoms with Crippen LogP contribution in [0.25, 0.3) is 0 Å². The third-order valence-electron chi connectivity index (χ3n) is 7.60. The van der Waals surface area contributed by atoms with E-state index in [2.05, 4.69) is 30.9 Å². The van der Waals surface area contributed by atoms with Crippen LogP contribution >= 0.6 is 0 Å². The number of hydrogen-bond donors (Lipinski definition) is 0. The van der Waals surface area contributed by atoms with Gasteiger partial charge in [-0.15, -0.1) is 0 Å². The quantitative estimate of drug-likeness (QED) is 0.141. The Hall–Kier alpha value is -2.99. The van der Waals surface area contributed by atoms with E-state index in [1.54, 1.807) is 24.3 Å². The van der Waals surface area contributed by atoms with Crippen molar-refractivity contribution in [2.75, 3.05) is 43.6 Å². The molecule has 3 rings (SSSR count). The van der Waals surface area contributed by atoms with Crippen LogP contribution in [0, 0.1) is 0 Å². The van der Waals surface area contributed by atoms with E-state index >= 15 is 0 Å². The maximum atomic E-state index is 14.3. The van der Waals surface area contributed by atoms with Gasteiger partial charge in [-0.25, -0.2) is 8.42 Å². The Morgan fingerprint density at radius 3 is 1.83 bits per heavy atom. The van der Waals surface area contributed by atoms with Crippen molar-refractivity contribution >= 4 is 21.2 Å². The zero-order valence-electron chi connectivity index (χ0n) is 25.8. The van der Waals surface area contributed by atoms with Gasteiger partial charge in [0.1, 0.15) is 11.0 Å². The topological polar surface area (TPSA) is 49.9 Å². The summed E-state index contributed by atoms with van der Waals surface area (Å²) in [5.41, 5.74) is 3.52. The molecule has 1 atom stereocenters. The van der Waals surface area contributed by atoms with Crippen molar-refractivity contribution in [3.8, 4) is 5.75 Å². The van der Waals surface area contributed by atoms with E-state index in [1.165, 1.54) is 38.5 Å². The molecular weight excluding hydrogens is 528 g/mol. The van der Waals surface area contributed by atoms with Crippen LogP contribution in [0.15, 0.2) is 77.7 Å². The average molecular weight is 579 g/mol. The molecule has 3 aromatic rings. The van der Waals surface area contributed by atoms with Crippen molar-refractivity contribution in [1.29, 1.82) is 0 Å². The molecule has 0 heterocycles. The van der Waals surface area contributed by atoms with E-state index < -0.39 is 15.1 Å². The van der Waals surface area contributed by atoms with Gasteiger partial charge in [-0.1, -0.05) is 88.8 Å². The van der Waals surface area contributed by atoms with Crippen LogP contribution in [0.2, 0.25) is 0 Å². The van der Waals surface area contributed by atoms with Gasteiger partial charge in [-0.3, -0.25) is 0 Å². The van der Waals surface area contributed by atoms with Gasteiger partial charge in [-0.2, -0.15) is 0 Å². The molecule has 6 heteroatoms. The summed E-state index contributed by atoms with van der Waals surface area (Å²) < 4.78 is 34.7. The molecule has 0 fully saturated rings. The Bertz CT molecular complexity index is 1260. The summed E-state index contributed by atoms with van der Waals surface area (Å²) >= 11 is 0. The van der Waals surface area contributed by atoms with Crippen molar-refractivity contribution in [2.24, 2.45) is 0 Å². The maximum absolute atomic E-state index is 14.3. The van der Waals surface area contributed by atoms with Crippen molar-refractivity contribution in [3.05, 3.63) is 83.9 Å². The van der Waals surface area contributed by atoms with Gasteiger partial charge in [0.05, 0.1) is 11.5 Å². The van der Waals surface area contributed by atoms with Crippen LogP contribution in [0.1, 0.15) is 88.5 Å². The smallest absolute Gasteiger partial charge is 0.189 e. The molecule has 5 nitrogen and oxygen atoms in total. The molecule has 0 aliphatic carbocycles. The van der Waals surface area contributed by atoms with Crippen LogP contribution < -0.4 is 14.5 Å². The summed E-state index contributed by atoms with van der Waals surface area (Å²) in [5, 5.41) is -0.890. The summed E-state index contributed by atoms with van der Waals surface area (Å²) in [4.78, 5) is 4.78. The first-order valence-corrected chi connectivity index (χ1v) is 17.0. The van der Waals surface area contributed by atoms with E-state index in [0.29, 0.717) is 22.8 Å². The number of anilines is 2. The minimum Gasteiger partial charge on any atom is -0.493 e. The standard InChI is InChI=1S/C35H50N2O3S/c1-6-9-11-16-26-37(27-17-12-10-7-2)31-24-25-33(34(28-31)40-8-3)35(29-20-22-30(23-21-29)36(4)5)41(38,39)32-18-14-13-15-19-32/h13-15,18-25,28,35H,6-12,16-17,26-27H2,1-5H3. The van der Waals surface area contributed by atoms with Crippen LogP contribution in [-0.2, 0) is 9.84 Å². The highest BCUT2D eigenvalue weighted by Crippen LogP contribution is 2.41. The zero-order valence-corrected chi connectivity index (χ0v) is 26.6. The van der Waals surface area contributed by atoms with Crippen LogP contribution in [0.4, 0.5) is 11.4 Å². The lowest BCUT2D eigenvalue weighted by molar-refractivity contribution is 0.336. The van der Waals surface area contributed by atoms with E-state index in [9.17, 15) is 8.42 Å². The largest absolute Gasteiger partial charge is 0.493 e. The van der Waals surface area contributed by atoms with Gasteiger partial charge >= 0.3 is 0 Å². The molecular formula is C35H50N2O3S. The van der Waals surface area contributed by atoms with Gasteiger partial charge in [0.25, 0.3) is 0 Å². The summed E-state index contributed by atoms with van der Waals surface area (Å²) in [6.45, 7) is 8.88. The summed E-state index contributed by atoms with van der Waals surface area (Å²) in [5.74, 6) is 0.637. The number of ether oxygens (including phenoxy) is 1. The molecule has 224 valence electrons. The molecule has 1 unspecified atom stereocenters. The molecule has 0 aliphatic heterocycles. The highest BCUT2D eigenvalue weighted by molar-refractivity contribution is 7.92. The predicted molar refractivity (Wildman–Crippen MR) is 174 cm³/mol. The number of unbranched alkanes of at least 4 members (excludes halogenated alkanes) is 6. The summed E-state index contributed by atoms with van der Waals surface area (Å²) in [6.07, 6.45) is 9.67. The van der Waals surface area contributed by atoms with Crippen LogP contribution in [-0.4, -0.2) is 42.2 Å². The Kier molecular flexibility index (Phi) is 13.1. The second-order valence-corrected chi connectivity index (χ2v) is 13.0. The maximum Gasteiger partial charge on any atom is 0.189 e. The number of benzene rings is 3. The second-order valence-electron chi connectivity index (χ2n) is 11.0. The minimum absolute atomic E-state index is 0.307. The van der Waals surface area contributed by atoms with Gasteiger partial charge in [0.15, 0.2) is 9.84 Å². The fourth-order valence-corrected chi connectivity index (χ4v) is 7.12. The Balaban J connectivity index is 2.08. The Morgan fingerprint density at radius 1 is 0.707 bits per heavy atom. The van der Waals surface area contributed by atoms with Gasteiger partial charge < -0.3 is 14.5 Å². The monoisotopic (exact) mass is 578 g/mol. The lowest BCUT2D eigenvalue weighted by Gasteiger charge is -2.28.